The lowest BCUT2D eigenvalue weighted by atomic mass is 10.2. The van der Waals surface area contributed by atoms with Gasteiger partial charge in [-0.2, -0.15) is 0 Å². The lowest BCUT2D eigenvalue weighted by Crippen LogP contribution is -2.21. The second kappa shape index (κ2) is 5.30. The van der Waals surface area contributed by atoms with E-state index in [4.69, 9.17) is 4.74 Å². The van der Waals surface area contributed by atoms with Gasteiger partial charge in [-0.1, -0.05) is 30.3 Å². The fourth-order valence-electron chi connectivity index (χ4n) is 1.49. The van der Waals surface area contributed by atoms with E-state index >= 15 is 0 Å². The van der Waals surface area contributed by atoms with Crippen LogP contribution in [0.1, 0.15) is 12.0 Å². The molecule has 0 spiro atoms. The topological polar surface area (TPSA) is 52.6 Å². The number of esters is 2. The van der Waals surface area contributed by atoms with Crippen LogP contribution in [0.2, 0.25) is 0 Å². The summed E-state index contributed by atoms with van der Waals surface area (Å²) in [5.74, 6) is -0.996. The van der Waals surface area contributed by atoms with Gasteiger partial charge in [-0.25, -0.2) is 9.59 Å². The van der Waals surface area contributed by atoms with E-state index in [1.165, 1.54) is 6.08 Å². The third kappa shape index (κ3) is 3.17. The zero-order chi connectivity index (χ0) is 12.1. The van der Waals surface area contributed by atoms with Gasteiger partial charge in [-0.3, -0.25) is 0 Å². The number of hydrogen-bond acceptors (Lipinski definition) is 4. The lowest BCUT2D eigenvalue weighted by Gasteiger charge is -2.04. The standard InChI is InChI=1S/C13H12O4/c14-12(17-11-8-9-16-13(11)15)7-6-10-4-2-1-3-5-10/h1-7,11H,8-9H2/b7-6+/t11-/m1/s1. The van der Waals surface area contributed by atoms with Crippen molar-refractivity contribution in [2.45, 2.75) is 12.5 Å². The molecule has 1 heterocycles. The largest absolute Gasteiger partial charge is 0.463 e. The molecule has 1 aromatic rings. The van der Waals surface area contributed by atoms with Gasteiger partial charge in [-0.05, 0) is 11.6 Å². The Balaban J connectivity index is 1.89. The molecule has 4 heteroatoms. The van der Waals surface area contributed by atoms with Crippen molar-refractivity contribution in [3.63, 3.8) is 0 Å². The number of rotatable bonds is 3. The minimum absolute atomic E-state index is 0.319. The van der Waals surface area contributed by atoms with E-state index < -0.39 is 18.0 Å². The first-order valence-electron chi connectivity index (χ1n) is 5.36. The zero-order valence-electron chi connectivity index (χ0n) is 9.17. The second-order valence-electron chi connectivity index (χ2n) is 3.63. The highest BCUT2D eigenvalue weighted by atomic mass is 16.6. The number of ether oxygens (including phenoxy) is 2. The van der Waals surface area contributed by atoms with Crippen LogP contribution in [0.4, 0.5) is 0 Å². The Labute approximate surface area is 98.8 Å². The molecule has 1 aliphatic heterocycles. The minimum Gasteiger partial charge on any atom is -0.463 e. The molecule has 0 aromatic heterocycles. The SMILES string of the molecule is O=C(/C=C/c1ccccc1)O[C@@H]1CCOC1=O. The van der Waals surface area contributed by atoms with E-state index in [1.54, 1.807) is 6.08 Å². The van der Waals surface area contributed by atoms with E-state index in [9.17, 15) is 9.59 Å². The van der Waals surface area contributed by atoms with E-state index in [1.807, 2.05) is 30.3 Å². The summed E-state index contributed by atoms with van der Waals surface area (Å²) in [6.07, 6.45) is 2.63. The average Bonchev–Trinajstić information content (AvgIpc) is 2.74. The number of carbonyl (C=O) groups is 2. The molecular weight excluding hydrogens is 220 g/mol. The van der Waals surface area contributed by atoms with Crippen molar-refractivity contribution in [3.8, 4) is 0 Å². The van der Waals surface area contributed by atoms with Crippen LogP contribution in [0.15, 0.2) is 36.4 Å². The quantitative estimate of drug-likeness (QED) is 0.586. The third-order valence-electron chi connectivity index (χ3n) is 2.36. The van der Waals surface area contributed by atoms with Gasteiger partial charge in [0.2, 0.25) is 6.10 Å². The van der Waals surface area contributed by atoms with Crippen molar-refractivity contribution in [3.05, 3.63) is 42.0 Å². The van der Waals surface area contributed by atoms with Crippen LogP contribution in [0, 0.1) is 0 Å². The van der Waals surface area contributed by atoms with Crippen LogP contribution >= 0.6 is 0 Å². The lowest BCUT2D eigenvalue weighted by molar-refractivity contribution is -0.156. The number of hydrogen-bond donors (Lipinski definition) is 0. The molecule has 1 saturated heterocycles. The molecule has 88 valence electrons. The Kier molecular flexibility index (Phi) is 3.55. The van der Waals surface area contributed by atoms with Gasteiger partial charge < -0.3 is 9.47 Å². The Hall–Kier alpha value is -2.10. The van der Waals surface area contributed by atoms with Crippen LogP contribution in [0.5, 0.6) is 0 Å². The van der Waals surface area contributed by atoms with Crippen molar-refractivity contribution in [2.75, 3.05) is 6.61 Å². The van der Waals surface area contributed by atoms with Gasteiger partial charge in [0.25, 0.3) is 0 Å². The third-order valence-corrected chi connectivity index (χ3v) is 2.36. The predicted octanol–water partition coefficient (Wildman–Crippen LogP) is 1.56. The summed E-state index contributed by atoms with van der Waals surface area (Å²) in [5.41, 5.74) is 0.901. The highest BCUT2D eigenvalue weighted by molar-refractivity contribution is 5.89. The molecule has 0 N–H and O–H groups in total. The van der Waals surface area contributed by atoms with Gasteiger partial charge in [0.15, 0.2) is 0 Å². The maximum absolute atomic E-state index is 11.4. The molecule has 2 rings (SSSR count). The van der Waals surface area contributed by atoms with Gasteiger partial charge in [0, 0.05) is 12.5 Å². The normalized spacial score (nSPS) is 19.3. The molecule has 0 radical (unpaired) electrons. The van der Waals surface area contributed by atoms with Gasteiger partial charge in [0.1, 0.15) is 0 Å². The minimum atomic E-state index is -0.747. The number of benzene rings is 1. The van der Waals surface area contributed by atoms with Crippen LogP contribution in [-0.4, -0.2) is 24.6 Å². The monoisotopic (exact) mass is 232 g/mol. The highest BCUT2D eigenvalue weighted by Crippen LogP contribution is 2.11. The zero-order valence-corrected chi connectivity index (χ0v) is 9.17. The summed E-state index contributed by atoms with van der Waals surface area (Å²) in [6.45, 7) is 0.319. The van der Waals surface area contributed by atoms with Crippen molar-refractivity contribution >= 4 is 18.0 Å². The molecule has 0 amide bonds. The van der Waals surface area contributed by atoms with E-state index in [0.29, 0.717) is 13.0 Å². The Morgan fingerprint density at radius 3 is 2.76 bits per heavy atom. The van der Waals surface area contributed by atoms with Crippen molar-refractivity contribution in [1.29, 1.82) is 0 Å². The molecule has 0 bridgehead atoms. The van der Waals surface area contributed by atoms with E-state index in [2.05, 4.69) is 4.74 Å². The average molecular weight is 232 g/mol. The van der Waals surface area contributed by atoms with Crippen LogP contribution < -0.4 is 0 Å². The second-order valence-corrected chi connectivity index (χ2v) is 3.63. The number of carbonyl (C=O) groups excluding carboxylic acids is 2. The summed E-state index contributed by atoms with van der Waals surface area (Å²) < 4.78 is 9.63. The first-order valence-corrected chi connectivity index (χ1v) is 5.36. The van der Waals surface area contributed by atoms with Gasteiger partial charge >= 0.3 is 11.9 Å². The summed E-state index contributed by atoms with van der Waals surface area (Å²) in [4.78, 5) is 22.5. The Bertz CT molecular complexity index is 436. The van der Waals surface area contributed by atoms with Crippen LogP contribution in [0.3, 0.4) is 0 Å². The summed E-state index contributed by atoms with van der Waals surface area (Å²) in [7, 11) is 0. The molecule has 0 saturated carbocycles. The van der Waals surface area contributed by atoms with E-state index in [-0.39, 0.29) is 0 Å². The Morgan fingerprint density at radius 1 is 1.35 bits per heavy atom. The van der Waals surface area contributed by atoms with E-state index in [0.717, 1.165) is 5.56 Å². The maximum Gasteiger partial charge on any atom is 0.347 e. The first-order chi connectivity index (χ1) is 8.25. The molecular formula is C13H12O4. The van der Waals surface area contributed by atoms with Crippen molar-refractivity contribution < 1.29 is 19.1 Å². The van der Waals surface area contributed by atoms with Crippen LogP contribution in [0.25, 0.3) is 6.08 Å². The molecule has 1 aliphatic rings. The van der Waals surface area contributed by atoms with Crippen molar-refractivity contribution in [1.82, 2.24) is 0 Å². The maximum atomic E-state index is 11.4. The molecule has 17 heavy (non-hydrogen) atoms. The predicted molar refractivity (Wildman–Crippen MR) is 60.9 cm³/mol. The molecule has 1 atom stereocenters. The molecule has 0 aliphatic carbocycles. The van der Waals surface area contributed by atoms with Gasteiger partial charge in [0.05, 0.1) is 6.61 Å². The fourth-order valence-corrected chi connectivity index (χ4v) is 1.49. The highest BCUT2D eigenvalue weighted by Gasteiger charge is 2.29. The molecule has 1 aromatic carbocycles. The first kappa shape index (κ1) is 11.4. The molecule has 0 unspecified atom stereocenters. The van der Waals surface area contributed by atoms with Crippen molar-refractivity contribution in [2.24, 2.45) is 0 Å². The summed E-state index contributed by atoms with van der Waals surface area (Å²) >= 11 is 0. The molecule has 4 nitrogen and oxygen atoms in total. The molecule has 1 fully saturated rings. The number of cyclic esters (lactones) is 1. The fraction of sp³-hybridized carbons (Fsp3) is 0.231. The summed E-state index contributed by atoms with van der Waals surface area (Å²) in [6, 6.07) is 9.38. The van der Waals surface area contributed by atoms with Gasteiger partial charge in [-0.15, -0.1) is 0 Å². The Morgan fingerprint density at radius 2 is 2.12 bits per heavy atom. The smallest absolute Gasteiger partial charge is 0.347 e. The summed E-state index contributed by atoms with van der Waals surface area (Å²) in [5, 5.41) is 0. The van der Waals surface area contributed by atoms with Crippen LogP contribution in [-0.2, 0) is 19.1 Å².